The Bertz CT molecular complexity index is 907. The van der Waals surface area contributed by atoms with Crippen molar-refractivity contribution in [3.05, 3.63) is 48.0 Å². The lowest BCUT2D eigenvalue weighted by atomic mass is 9.97. The zero-order valence-electron chi connectivity index (χ0n) is 14.0. The van der Waals surface area contributed by atoms with Crippen LogP contribution in [-0.2, 0) is 12.6 Å². The molecule has 0 bridgehead atoms. The van der Waals surface area contributed by atoms with E-state index in [4.69, 9.17) is 5.73 Å². The number of aromatic nitrogens is 4. The van der Waals surface area contributed by atoms with E-state index < -0.39 is 23.9 Å². The molecule has 3 rings (SSSR count). The number of fused-ring (bicyclic) bond motifs is 1. The Labute approximate surface area is 147 Å². The van der Waals surface area contributed by atoms with Gasteiger partial charge in [0.2, 0.25) is 0 Å². The number of nitrogens with zero attached hydrogens (tertiary/aromatic N) is 4. The van der Waals surface area contributed by atoms with Crippen LogP contribution in [0.1, 0.15) is 30.5 Å². The highest BCUT2D eigenvalue weighted by Gasteiger charge is 2.33. The molecule has 138 valence electrons. The lowest BCUT2D eigenvalue weighted by molar-refractivity contribution is -0.138. The molecule has 0 aliphatic rings. The summed E-state index contributed by atoms with van der Waals surface area (Å²) in [4.78, 5) is 12.2. The van der Waals surface area contributed by atoms with E-state index in [1.807, 2.05) is 0 Å². The van der Waals surface area contributed by atoms with E-state index in [0.717, 1.165) is 6.07 Å². The van der Waals surface area contributed by atoms with Crippen LogP contribution in [0.25, 0.3) is 11.2 Å². The van der Waals surface area contributed by atoms with Crippen molar-refractivity contribution in [3.63, 3.8) is 0 Å². The van der Waals surface area contributed by atoms with Gasteiger partial charge in [-0.05, 0) is 31.4 Å². The van der Waals surface area contributed by atoms with E-state index in [9.17, 15) is 18.3 Å². The average molecular weight is 365 g/mol. The van der Waals surface area contributed by atoms with Crippen LogP contribution in [0.15, 0.2) is 36.9 Å². The molecule has 2 aromatic heterocycles. The zero-order valence-corrected chi connectivity index (χ0v) is 14.0. The lowest BCUT2D eigenvalue weighted by Crippen LogP contribution is -2.22. The maximum atomic E-state index is 13.2. The first-order valence-corrected chi connectivity index (χ1v) is 8.05. The summed E-state index contributed by atoms with van der Waals surface area (Å²) in [5, 5.41) is 10.2. The molecule has 0 saturated heterocycles. The predicted octanol–water partition coefficient (Wildman–Crippen LogP) is 2.98. The van der Waals surface area contributed by atoms with Gasteiger partial charge in [-0.15, -0.1) is 0 Å². The van der Waals surface area contributed by atoms with Crippen molar-refractivity contribution in [2.75, 3.05) is 5.73 Å². The fourth-order valence-corrected chi connectivity index (χ4v) is 3.04. The summed E-state index contributed by atoms with van der Waals surface area (Å²) in [6, 6.07) is 4.95. The number of benzene rings is 1. The number of aliphatic hydroxyl groups excluding tert-OH is 1. The van der Waals surface area contributed by atoms with Crippen LogP contribution in [-0.4, -0.2) is 30.7 Å². The SMILES string of the molecule is C[C@H](O)[C@@H](CCc1ccccc1C(F)(F)F)n1cnc2c(N)ncnc21. The van der Waals surface area contributed by atoms with Crippen molar-refractivity contribution in [1.29, 1.82) is 0 Å². The number of anilines is 1. The topological polar surface area (TPSA) is 89.8 Å². The van der Waals surface area contributed by atoms with Crippen molar-refractivity contribution in [2.45, 2.75) is 38.1 Å². The molecule has 2 atom stereocenters. The number of aryl methyl sites for hydroxylation is 1. The number of hydrogen-bond donors (Lipinski definition) is 2. The van der Waals surface area contributed by atoms with Gasteiger partial charge in [-0.3, -0.25) is 0 Å². The smallest absolute Gasteiger partial charge is 0.391 e. The zero-order chi connectivity index (χ0) is 18.9. The van der Waals surface area contributed by atoms with E-state index in [0.29, 0.717) is 11.2 Å². The van der Waals surface area contributed by atoms with Crippen LogP contribution >= 0.6 is 0 Å². The van der Waals surface area contributed by atoms with Gasteiger partial charge in [0.05, 0.1) is 24.0 Å². The minimum Gasteiger partial charge on any atom is -0.391 e. The van der Waals surface area contributed by atoms with Crippen molar-refractivity contribution < 1.29 is 18.3 Å². The molecule has 0 aliphatic heterocycles. The van der Waals surface area contributed by atoms with Gasteiger partial charge in [-0.2, -0.15) is 13.2 Å². The normalized spacial score (nSPS) is 14.5. The number of hydrogen-bond acceptors (Lipinski definition) is 5. The summed E-state index contributed by atoms with van der Waals surface area (Å²) in [5.74, 6) is 0.209. The molecule has 26 heavy (non-hydrogen) atoms. The first-order valence-electron chi connectivity index (χ1n) is 8.05. The van der Waals surface area contributed by atoms with E-state index in [-0.39, 0.29) is 24.2 Å². The molecule has 0 unspecified atom stereocenters. The molecule has 0 amide bonds. The highest BCUT2D eigenvalue weighted by atomic mass is 19.4. The minimum atomic E-state index is -4.42. The highest BCUT2D eigenvalue weighted by Crippen LogP contribution is 2.33. The van der Waals surface area contributed by atoms with Crippen LogP contribution in [0.4, 0.5) is 19.0 Å². The molecule has 0 aliphatic carbocycles. The van der Waals surface area contributed by atoms with Crippen LogP contribution in [0.3, 0.4) is 0 Å². The monoisotopic (exact) mass is 365 g/mol. The predicted molar refractivity (Wildman–Crippen MR) is 90.2 cm³/mol. The summed E-state index contributed by atoms with van der Waals surface area (Å²) in [7, 11) is 0. The summed E-state index contributed by atoms with van der Waals surface area (Å²) >= 11 is 0. The van der Waals surface area contributed by atoms with E-state index in [2.05, 4.69) is 15.0 Å². The Morgan fingerprint density at radius 3 is 2.62 bits per heavy atom. The highest BCUT2D eigenvalue weighted by molar-refractivity contribution is 5.81. The second-order valence-corrected chi connectivity index (χ2v) is 6.08. The maximum absolute atomic E-state index is 13.2. The number of nitrogen functional groups attached to an aromatic ring is 1. The molecule has 0 radical (unpaired) electrons. The fourth-order valence-electron chi connectivity index (χ4n) is 3.04. The minimum absolute atomic E-state index is 0.144. The third-order valence-electron chi connectivity index (χ3n) is 4.33. The Hall–Kier alpha value is -2.68. The molecule has 0 saturated carbocycles. The van der Waals surface area contributed by atoms with Gasteiger partial charge in [-0.1, -0.05) is 18.2 Å². The fraction of sp³-hybridized carbons (Fsp3) is 0.353. The molecule has 0 fully saturated rings. The van der Waals surface area contributed by atoms with Crippen molar-refractivity contribution >= 4 is 17.0 Å². The summed E-state index contributed by atoms with van der Waals surface area (Å²) < 4.78 is 41.1. The largest absolute Gasteiger partial charge is 0.416 e. The van der Waals surface area contributed by atoms with E-state index in [1.165, 1.54) is 24.8 Å². The van der Waals surface area contributed by atoms with Crippen molar-refractivity contribution in [3.8, 4) is 0 Å². The van der Waals surface area contributed by atoms with Gasteiger partial charge < -0.3 is 15.4 Å². The maximum Gasteiger partial charge on any atom is 0.416 e. The molecule has 0 spiro atoms. The van der Waals surface area contributed by atoms with E-state index in [1.54, 1.807) is 17.6 Å². The van der Waals surface area contributed by atoms with Gasteiger partial charge in [0, 0.05) is 0 Å². The van der Waals surface area contributed by atoms with Gasteiger partial charge in [0.25, 0.3) is 0 Å². The second kappa shape index (κ2) is 6.91. The Kier molecular flexibility index (Phi) is 4.82. The summed E-state index contributed by atoms with van der Waals surface area (Å²) in [6.45, 7) is 1.58. The number of nitrogens with two attached hydrogens (primary N) is 1. The Balaban J connectivity index is 1.90. The van der Waals surface area contributed by atoms with Crippen LogP contribution in [0.5, 0.6) is 0 Å². The molecule has 3 aromatic rings. The van der Waals surface area contributed by atoms with E-state index >= 15 is 0 Å². The number of aliphatic hydroxyl groups is 1. The van der Waals surface area contributed by atoms with Gasteiger partial charge in [0.15, 0.2) is 11.5 Å². The molecular weight excluding hydrogens is 347 g/mol. The quantitative estimate of drug-likeness (QED) is 0.725. The number of imidazole rings is 1. The Morgan fingerprint density at radius 2 is 1.92 bits per heavy atom. The molecule has 3 N–H and O–H groups in total. The molecule has 6 nitrogen and oxygen atoms in total. The van der Waals surface area contributed by atoms with Crippen LogP contribution in [0, 0.1) is 0 Å². The van der Waals surface area contributed by atoms with Crippen molar-refractivity contribution in [1.82, 2.24) is 19.5 Å². The summed E-state index contributed by atoms with van der Waals surface area (Å²) in [6.07, 6.45) is -2.05. The second-order valence-electron chi connectivity index (χ2n) is 6.08. The first-order chi connectivity index (χ1) is 12.3. The third kappa shape index (κ3) is 3.48. The molecule has 1 aromatic carbocycles. The van der Waals surface area contributed by atoms with Gasteiger partial charge >= 0.3 is 6.18 Å². The summed E-state index contributed by atoms with van der Waals surface area (Å²) in [5.41, 5.74) is 6.12. The molecular formula is C17H18F3N5O. The number of alkyl halides is 3. The first kappa shape index (κ1) is 18.1. The van der Waals surface area contributed by atoms with Gasteiger partial charge in [0.1, 0.15) is 11.8 Å². The number of rotatable bonds is 5. The van der Waals surface area contributed by atoms with Crippen LogP contribution in [0.2, 0.25) is 0 Å². The average Bonchev–Trinajstić information content (AvgIpc) is 3.00. The lowest BCUT2D eigenvalue weighted by Gasteiger charge is -2.22. The molecule has 9 heteroatoms. The number of halogens is 3. The van der Waals surface area contributed by atoms with Gasteiger partial charge in [-0.25, -0.2) is 15.0 Å². The molecule has 2 heterocycles. The standard InChI is InChI=1S/C17H18F3N5O/c1-10(26)13(25-9-24-14-15(21)22-8-23-16(14)25)7-6-11-4-2-3-5-12(11)17(18,19)20/h2-5,8-10,13,26H,6-7H2,1H3,(H2,21,22,23)/t10-,13+/m0/s1. The third-order valence-corrected chi connectivity index (χ3v) is 4.33. The Morgan fingerprint density at radius 1 is 1.19 bits per heavy atom. The van der Waals surface area contributed by atoms with Crippen LogP contribution < -0.4 is 5.73 Å². The van der Waals surface area contributed by atoms with Crippen molar-refractivity contribution in [2.24, 2.45) is 0 Å².